The van der Waals surface area contributed by atoms with Crippen LogP contribution in [-0.4, -0.2) is 19.4 Å². The van der Waals surface area contributed by atoms with Crippen LogP contribution in [0.4, 0.5) is 0 Å². The van der Waals surface area contributed by atoms with Gasteiger partial charge in [-0.2, -0.15) is 5.26 Å². The van der Waals surface area contributed by atoms with Crippen LogP contribution in [0.2, 0.25) is 0 Å². The molecule has 1 aliphatic rings. The van der Waals surface area contributed by atoms with Gasteiger partial charge in [-0.1, -0.05) is 5.57 Å². The van der Waals surface area contributed by atoms with Crippen LogP contribution < -0.4 is 5.32 Å². The number of nitrogens with one attached hydrogen (secondary N) is 1. The molecule has 74 valence electrons. The van der Waals surface area contributed by atoms with E-state index in [0.29, 0.717) is 18.0 Å². The van der Waals surface area contributed by atoms with E-state index in [4.69, 9.17) is 10.00 Å². The van der Waals surface area contributed by atoms with Gasteiger partial charge in [-0.05, 0) is 13.0 Å². The van der Waals surface area contributed by atoms with Crippen LogP contribution in [0.25, 0.3) is 0 Å². The normalized spacial score (nSPS) is 15.4. The van der Waals surface area contributed by atoms with Crippen molar-refractivity contribution in [1.29, 1.82) is 5.26 Å². The maximum absolute atomic E-state index is 11.5. The number of carbonyl (C=O) groups is 1. The summed E-state index contributed by atoms with van der Waals surface area (Å²) in [4.78, 5) is 11.5. The predicted octanol–water partition coefficient (Wildman–Crippen LogP) is 0.877. The molecule has 1 N–H and O–H groups in total. The molecule has 4 heteroatoms. The number of dihydropyridines is 1. The molecule has 0 aliphatic carbocycles. The number of nitrogens with zero attached hydrogens (tertiary/aromatic N) is 1. The van der Waals surface area contributed by atoms with Gasteiger partial charge in [0, 0.05) is 6.54 Å². The molecule has 0 fully saturated rings. The highest BCUT2D eigenvalue weighted by Crippen LogP contribution is 2.15. The lowest BCUT2D eigenvalue weighted by atomic mass is 10.0. The van der Waals surface area contributed by atoms with Crippen LogP contribution in [0.1, 0.15) is 13.3 Å². The maximum Gasteiger partial charge on any atom is 0.197 e. The average Bonchev–Trinajstić information content (AvgIpc) is 2.18. The summed E-state index contributed by atoms with van der Waals surface area (Å²) in [7, 11) is 1.50. The number of ether oxygens (including phenoxy) is 1. The van der Waals surface area contributed by atoms with Crippen molar-refractivity contribution in [3.8, 4) is 6.07 Å². The molecular weight excluding hydrogens is 180 g/mol. The first-order valence-corrected chi connectivity index (χ1v) is 4.28. The zero-order valence-electron chi connectivity index (χ0n) is 8.26. The second-order valence-electron chi connectivity index (χ2n) is 3.05. The number of hydrogen-bond acceptors (Lipinski definition) is 4. The van der Waals surface area contributed by atoms with Crippen LogP contribution in [0.3, 0.4) is 0 Å². The molecule has 0 amide bonds. The van der Waals surface area contributed by atoms with E-state index in [-0.39, 0.29) is 12.2 Å². The Labute approximate surface area is 82.9 Å². The molecule has 0 spiro atoms. The molecule has 14 heavy (non-hydrogen) atoms. The first kappa shape index (κ1) is 10.3. The first-order chi connectivity index (χ1) is 6.69. The number of methoxy groups -OCH3 is 1. The van der Waals surface area contributed by atoms with E-state index in [0.717, 1.165) is 5.57 Å². The Morgan fingerprint density at radius 2 is 2.50 bits per heavy atom. The van der Waals surface area contributed by atoms with Crippen molar-refractivity contribution in [2.75, 3.05) is 13.7 Å². The number of carbonyl (C=O) groups excluding carboxylic acids is 1. The van der Waals surface area contributed by atoms with E-state index in [1.807, 2.05) is 13.0 Å². The van der Waals surface area contributed by atoms with E-state index in [9.17, 15) is 4.79 Å². The quantitative estimate of drug-likeness (QED) is 0.721. The SMILES string of the molecule is COC1=C(C(=O)CC#N)C=C(C)CN1. The molecule has 4 nitrogen and oxygen atoms in total. The lowest BCUT2D eigenvalue weighted by Crippen LogP contribution is -2.25. The molecule has 0 atom stereocenters. The van der Waals surface area contributed by atoms with E-state index in [1.54, 1.807) is 6.08 Å². The number of Topliss-reactive ketones (excluding diaryl/α,β-unsaturated/α-hetero) is 1. The van der Waals surface area contributed by atoms with Crippen LogP contribution >= 0.6 is 0 Å². The Morgan fingerprint density at radius 3 is 3.07 bits per heavy atom. The number of allylic oxidation sites excluding steroid dienone is 2. The summed E-state index contributed by atoms with van der Waals surface area (Å²) in [6, 6.07) is 1.83. The number of ketones is 1. The zero-order valence-corrected chi connectivity index (χ0v) is 8.26. The van der Waals surface area contributed by atoms with Crippen LogP contribution in [-0.2, 0) is 9.53 Å². The van der Waals surface area contributed by atoms with Gasteiger partial charge in [0.15, 0.2) is 11.7 Å². The lowest BCUT2D eigenvalue weighted by Gasteiger charge is -2.17. The van der Waals surface area contributed by atoms with Crippen molar-refractivity contribution in [1.82, 2.24) is 5.32 Å². The van der Waals surface area contributed by atoms with Crippen molar-refractivity contribution in [3.63, 3.8) is 0 Å². The van der Waals surface area contributed by atoms with Crippen molar-refractivity contribution >= 4 is 5.78 Å². The molecule has 0 unspecified atom stereocenters. The van der Waals surface area contributed by atoms with Gasteiger partial charge in [0.25, 0.3) is 0 Å². The molecule has 0 saturated carbocycles. The first-order valence-electron chi connectivity index (χ1n) is 4.28. The molecule has 0 aromatic heterocycles. The van der Waals surface area contributed by atoms with Gasteiger partial charge in [0.1, 0.15) is 0 Å². The van der Waals surface area contributed by atoms with Crippen LogP contribution in [0.5, 0.6) is 0 Å². The minimum absolute atomic E-state index is 0.117. The molecule has 1 rings (SSSR count). The van der Waals surface area contributed by atoms with Crippen LogP contribution in [0, 0.1) is 11.3 Å². The summed E-state index contributed by atoms with van der Waals surface area (Å²) in [5.74, 6) is 0.242. The molecule has 0 aromatic rings. The van der Waals surface area contributed by atoms with E-state index in [1.165, 1.54) is 7.11 Å². The number of rotatable bonds is 3. The maximum atomic E-state index is 11.5. The Bertz CT molecular complexity index is 348. The minimum Gasteiger partial charge on any atom is -0.482 e. The summed E-state index contributed by atoms with van der Waals surface area (Å²) in [5.41, 5.74) is 1.50. The minimum atomic E-state index is -0.212. The van der Waals surface area contributed by atoms with Gasteiger partial charge >= 0.3 is 0 Å². The Kier molecular flexibility index (Phi) is 3.29. The number of hydrogen-bond donors (Lipinski definition) is 1. The highest BCUT2D eigenvalue weighted by atomic mass is 16.5. The Hall–Kier alpha value is -1.76. The standard InChI is InChI=1S/C10H12N2O2/c1-7-5-8(9(13)3-4-11)10(14-2)12-6-7/h5,12H,3,6H2,1-2H3. The topological polar surface area (TPSA) is 62.1 Å². The molecule has 0 bridgehead atoms. The third-order valence-electron chi connectivity index (χ3n) is 1.91. The molecular formula is C10H12N2O2. The molecule has 0 radical (unpaired) electrons. The van der Waals surface area contributed by atoms with E-state index < -0.39 is 0 Å². The largest absolute Gasteiger partial charge is 0.482 e. The fraction of sp³-hybridized carbons (Fsp3) is 0.400. The van der Waals surface area contributed by atoms with Crippen molar-refractivity contribution in [3.05, 3.63) is 23.1 Å². The molecule has 1 aliphatic heterocycles. The molecule has 0 aromatic carbocycles. The van der Waals surface area contributed by atoms with Crippen molar-refractivity contribution < 1.29 is 9.53 Å². The zero-order chi connectivity index (χ0) is 10.6. The summed E-state index contributed by atoms with van der Waals surface area (Å²) in [6.07, 6.45) is 1.64. The predicted molar refractivity (Wildman–Crippen MR) is 51.0 cm³/mol. The van der Waals surface area contributed by atoms with Crippen molar-refractivity contribution in [2.45, 2.75) is 13.3 Å². The number of nitriles is 1. The monoisotopic (exact) mass is 192 g/mol. The summed E-state index contributed by atoms with van der Waals surface area (Å²) < 4.78 is 5.01. The fourth-order valence-corrected chi connectivity index (χ4v) is 1.23. The van der Waals surface area contributed by atoms with Gasteiger partial charge in [0.2, 0.25) is 0 Å². The third kappa shape index (κ3) is 2.13. The van der Waals surface area contributed by atoms with Crippen molar-refractivity contribution in [2.24, 2.45) is 0 Å². The van der Waals surface area contributed by atoms with E-state index >= 15 is 0 Å². The Morgan fingerprint density at radius 1 is 1.79 bits per heavy atom. The third-order valence-corrected chi connectivity index (χ3v) is 1.91. The summed E-state index contributed by atoms with van der Waals surface area (Å²) in [5, 5.41) is 11.4. The van der Waals surface area contributed by atoms with Crippen LogP contribution in [0.15, 0.2) is 23.1 Å². The average molecular weight is 192 g/mol. The van der Waals surface area contributed by atoms with Gasteiger partial charge in [-0.15, -0.1) is 0 Å². The van der Waals surface area contributed by atoms with Gasteiger partial charge in [-0.25, -0.2) is 0 Å². The highest BCUT2D eigenvalue weighted by molar-refractivity contribution is 5.99. The fourth-order valence-electron chi connectivity index (χ4n) is 1.23. The van der Waals surface area contributed by atoms with Gasteiger partial charge < -0.3 is 10.1 Å². The van der Waals surface area contributed by atoms with Gasteiger partial charge in [-0.3, -0.25) is 4.79 Å². The summed E-state index contributed by atoms with van der Waals surface area (Å²) in [6.45, 7) is 2.59. The smallest absolute Gasteiger partial charge is 0.197 e. The van der Waals surface area contributed by atoms with Gasteiger partial charge in [0.05, 0.1) is 25.2 Å². The second kappa shape index (κ2) is 4.47. The highest BCUT2D eigenvalue weighted by Gasteiger charge is 2.17. The molecule has 1 heterocycles. The Balaban J connectivity index is 2.96. The van der Waals surface area contributed by atoms with E-state index in [2.05, 4.69) is 5.32 Å². The lowest BCUT2D eigenvalue weighted by molar-refractivity contribution is -0.114. The summed E-state index contributed by atoms with van der Waals surface area (Å²) >= 11 is 0. The second-order valence-corrected chi connectivity index (χ2v) is 3.05. The molecule has 0 saturated heterocycles.